The van der Waals surface area contributed by atoms with Gasteiger partial charge in [-0.15, -0.1) is 11.3 Å². The average Bonchev–Trinajstić information content (AvgIpc) is 2.91. The Balaban J connectivity index is 2.17. The molecule has 0 aliphatic rings. The Morgan fingerprint density at radius 2 is 2.25 bits per heavy atom. The zero-order valence-corrected chi connectivity index (χ0v) is 13.5. The predicted molar refractivity (Wildman–Crippen MR) is 82.8 cm³/mol. The first-order chi connectivity index (χ1) is 9.40. The highest BCUT2D eigenvalue weighted by Gasteiger charge is 2.24. The highest BCUT2D eigenvalue weighted by atomic mass is 79.9. The molecule has 1 N–H and O–H groups in total. The number of hydrogen-bond acceptors (Lipinski definition) is 5. The molecule has 2 rings (SSSR count). The van der Waals surface area contributed by atoms with Crippen LogP contribution in [0.2, 0.25) is 0 Å². The zero-order chi connectivity index (χ0) is 14.8. The van der Waals surface area contributed by atoms with Crippen LogP contribution in [0.3, 0.4) is 0 Å². The van der Waals surface area contributed by atoms with E-state index in [0.717, 1.165) is 5.01 Å². The van der Waals surface area contributed by atoms with E-state index >= 15 is 0 Å². The first kappa shape index (κ1) is 15.1. The standard InChI is InChI=1S/C13H14BrN3O2S/c1-13(2,12-15-5-6-20-12)16-8-9-3-4-10(14)7-11(9)17(18)19/h3-7,16H,8H2,1-2H3. The van der Waals surface area contributed by atoms with E-state index in [-0.39, 0.29) is 16.1 Å². The van der Waals surface area contributed by atoms with E-state index in [1.54, 1.807) is 29.7 Å². The number of nitrogens with one attached hydrogen (secondary N) is 1. The molecule has 0 unspecified atom stereocenters. The molecule has 0 aliphatic heterocycles. The Morgan fingerprint density at radius 3 is 2.85 bits per heavy atom. The van der Waals surface area contributed by atoms with Crippen LogP contribution in [0.4, 0.5) is 5.69 Å². The summed E-state index contributed by atoms with van der Waals surface area (Å²) in [4.78, 5) is 15.0. The van der Waals surface area contributed by atoms with Crippen molar-refractivity contribution in [3.63, 3.8) is 0 Å². The molecule has 0 fully saturated rings. The summed E-state index contributed by atoms with van der Waals surface area (Å²) in [6.45, 7) is 4.43. The van der Waals surface area contributed by atoms with Gasteiger partial charge in [-0.05, 0) is 26.0 Å². The molecular weight excluding hydrogens is 342 g/mol. The molecule has 0 saturated heterocycles. The molecule has 1 aromatic heterocycles. The molecule has 106 valence electrons. The van der Waals surface area contributed by atoms with Crippen molar-refractivity contribution in [3.05, 3.63) is 54.9 Å². The van der Waals surface area contributed by atoms with E-state index in [2.05, 4.69) is 26.2 Å². The quantitative estimate of drug-likeness (QED) is 0.653. The van der Waals surface area contributed by atoms with E-state index in [1.807, 2.05) is 19.2 Å². The molecule has 0 bridgehead atoms. The fourth-order valence-electron chi connectivity index (χ4n) is 1.78. The molecule has 5 nitrogen and oxygen atoms in total. The average molecular weight is 356 g/mol. The molecule has 0 amide bonds. The monoisotopic (exact) mass is 355 g/mol. The third-order valence-corrected chi connectivity index (χ3v) is 4.52. The van der Waals surface area contributed by atoms with Gasteiger partial charge in [0.2, 0.25) is 0 Å². The maximum atomic E-state index is 11.1. The topological polar surface area (TPSA) is 68.1 Å². The summed E-state index contributed by atoms with van der Waals surface area (Å²) in [6.07, 6.45) is 1.76. The lowest BCUT2D eigenvalue weighted by atomic mass is 10.1. The Kier molecular flexibility index (Phi) is 4.52. The normalized spacial score (nSPS) is 11.6. The molecule has 0 spiro atoms. The van der Waals surface area contributed by atoms with E-state index in [4.69, 9.17) is 0 Å². The fraction of sp³-hybridized carbons (Fsp3) is 0.308. The van der Waals surface area contributed by atoms with Crippen molar-refractivity contribution in [1.82, 2.24) is 10.3 Å². The van der Waals surface area contributed by atoms with Crippen molar-refractivity contribution in [2.45, 2.75) is 25.9 Å². The van der Waals surface area contributed by atoms with Gasteiger partial charge in [-0.25, -0.2) is 4.98 Å². The Bertz CT molecular complexity index is 614. The first-order valence-corrected chi connectivity index (χ1v) is 7.65. The lowest BCUT2D eigenvalue weighted by Gasteiger charge is -2.23. The minimum absolute atomic E-state index is 0.113. The van der Waals surface area contributed by atoms with Gasteiger partial charge in [0.05, 0.1) is 10.5 Å². The van der Waals surface area contributed by atoms with Gasteiger partial charge < -0.3 is 5.32 Å². The van der Waals surface area contributed by atoms with Crippen LogP contribution in [0.15, 0.2) is 34.2 Å². The van der Waals surface area contributed by atoms with Crippen LogP contribution in [0.5, 0.6) is 0 Å². The summed E-state index contributed by atoms with van der Waals surface area (Å²) in [5.74, 6) is 0. The molecule has 20 heavy (non-hydrogen) atoms. The molecule has 0 radical (unpaired) electrons. The number of nitro benzene ring substituents is 1. The van der Waals surface area contributed by atoms with Crippen molar-refractivity contribution < 1.29 is 4.92 Å². The second-order valence-corrected chi connectivity index (χ2v) is 6.66. The van der Waals surface area contributed by atoms with Crippen molar-refractivity contribution in [3.8, 4) is 0 Å². The van der Waals surface area contributed by atoms with E-state index in [0.29, 0.717) is 16.6 Å². The Labute approximate surface area is 129 Å². The van der Waals surface area contributed by atoms with Crippen molar-refractivity contribution in [1.29, 1.82) is 0 Å². The molecule has 1 heterocycles. The number of nitro groups is 1. The lowest BCUT2D eigenvalue weighted by Crippen LogP contribution is -2.36. The van der Waals surface area contributed by atoms with Crippen LogP contribution in [0.25, 0.3) is 0 Å². The molecular formula is C13H14BrN3O2S. The van der Waals surface area contributed by atoms with Gasteiger partial charge >= 0.3 is 0 Å². The Hall–Kier alpha value is -1.31. The van der Waals surface area contributed by atoms with Crippen molar-refractivity contribution in [2.24, 2.45) is 0 Å². The molecule has 1 aromatic carbocycles. The van der Waals surface area contributed by atoms with Crippen molar-refractivity contribution >= 4 is 33.0 Å². The number of benzene rings is 1. The highest BCUT2D eigenvalue weighted by Crippen LogP contribution is 2.26. The van der Waals surface area contributed by atoms with Gasteiger partial charge in [-0.1, -0.05) is 15.9 Å². The van der Waals surface area contributed by atoms with Crippen molar-refractivity contribution in [2.75, 3.05) is 0 Å². The molecule has 0 saturated carbocycles. The molecule has 0 aliphatic carbocycles. The number of nitrogens with zero attached hydrogens (tertiary/aromatic N) is 2. The van der Waals surface area contributed by atoms with Crippen LogP contribution >= 0.6 is 27.3 Å². The molecule has 7 heteroatoms. The number of halogens is 1. The third kappa shape index (κ3) is 3.41. The maximum absolute atomic E-state index is 11.1. The SMILES string of the molecule is CC(C)(NCc1ccc(Br)cc1[N+](=O)[O-])c1nccs1. The predicted octanol–water partition coefficient (Wildman–Crippen LogP) is 3.84. The Morgan fingerprint density at radius 1 is 1.50 bits per heavy atom. The minimum atomic E-state index is -0.363. The van der Waals surface area contributed by atoms with Gasteiger partial charge in [0.15, 0.2) is 0 Å². The van der Waals surface area contributed by atoms with Gasteiger partial charge in [-0.2, -0.15) is 0 Å². The molecule has 0 atom stereocenters. The largest absolute Gasteiger partial charge is 0.301 e. The van der Waals surface area contributed by atoms with Gasteiger partial charge in [-0.3, -0.25) is 10.1 Å². The van der Waals surface area contributed by atoms with Gasteiger partial charge in [0.1, 0.15) is 5.01 Å². The van der Waals surface area contributed by atoms with E-state index in [1.165, 1.54) is 6.07 Å². The van der Waals surface area contributed by atoms with Gasteiger partial charge in [0, 0.05) is 34.2 Å². The summed E-state index contributed by atoms with van der Waals surface area (Å²) in [6, 6.07) is 5.08. The third-order valence-electron chi connectivity index (χ3n) is 2.93. The summed E-state index contributed by atoms with van der Waals surface area (Å²) in [5, 5.41) is 17.3. The maximum Gasteiger partial charge on any atom is 0.275 e. The van der Waals surface area contributed by atoms with Crippen LogP contribution in [-0.2, 0) is 12.1 Å². The number of thiazole rings is 1. The van der Waals surface area contributed by atoms with Gasteiger partial charge in [0.25, 0.3) is 5.69 Å². The highest BCUT2D eigenvalue weighted by molar-refractivity contribution is 9.10. The number of aromatic nitrogens is 1. The summed E-state index contributed by atoms with van der Waals surface area (Å²) in [5.41, 5.74) is 0.444. The second-order valence-electron chi connectivity index (χ2n) is 4.85. The summed E-state index contributed by atoms with van der Waals surface area (Å²) < 4.78 is 0.701. The zero-order valence-electron chi connectivity index (χ0n) is 11.1. The van der Waals surface area contributed by atoms with Crippen LogP contribution in [0, 0.1) is 10.1 Å². The first-order valence-electron chi connectivity index (χ1n) is 5.98. The summed E-state index contributed by atoms with van der Waals surface area (Å²) >= 11 is 4.82. The number of hydrogen-bond donors (Lipinski definition) is 1. The fourth-order valence-corrected chi connectivity index (χ4v) is 2.87. The van der Waals surface area contributed by atoms with Crippen LogP contribution in [-0.4, -0.2) is 9.91 Å². The lowest BCUT2D eigenvalue weighted by molar-refractivity contribution is -0.385. The van der Waals surface area contributed by atoms with E-state index < -0.39 is 0 Å². The van der Waals surface area contributed by atoms with Crippen LogP contribution in [0.1, 0.15) is 24.4 Å². The molecule has 2 aromatic rings. The smallest absolute Gasteiger partial charge is 0.275 e. The second kappa shape index (κ2) is 5.99. The van der Waals surface area contributed by atoms with E-state index in [9.17, 15) is 10.1 Å². The van der Waals surface area contributed by atoms with Crippen LogP contribution < -0.4 is 5.32 Å². The minimum Gasteiger partial charge on any atom is -0.301 e. The number of rotatable bonds is 5. The summed E-state index contributed by atoms with van der Waals surface area (Å²) in [7, 11) is 0.